The van der Waals surface area contributed by atoms with Crippen LogP contribution >= 0.6 is 11.3 Å². The lowest BCUT2D eigenvalue weighted by atomic mass is 10.1. The summed E-state index contributed by atoms with van der Waals surface area (Å²) in [6, 6.07) is 8.29. The Morgan fingerprint density at radius 2 is 2.38 bits per heavy atom. The van der Waals surface area contributed by atoms with Gasteiger partial charge in [0.25, 0.3) is 0 Å². The summed E-state index contributed by atoms with van der Waals surface area (Å²) in [6.07, 6.45) is 2.26. The van der Waals surface area contributed by atoms with Gasteiger partial charge in [0.15, 0.2) is 5.13 Å². The minimum atomic E-state index is 0.602. The second-order valence-electron chi connectivity index (χ2n) is 5.34. The van der Waals surface area contributed by atoms with Crippen LogP contribution in [0.1, 0.15) is 18.4 Å². The highest BCUT2D eigenvalue weighted by atomic mass is 32.1. The van der Waals surface area contributed by atoms with Gasteiger partial charge in [0.2, 0.25) is 0 Å². The van der Waals surface area contributed by atoms with Crippen LogP contribution in [0.2, 0.25) is 0 Å². The number of rotatable bonds is 6. The first-order valence-corrected chi connectivity index (χ1v) is 8.15. The van der Waals surface area contributed by atoms with Crippen LogP contribution in [0.4, 0.5) is 5.13 Å². The van der Waals surface area contributed by atoms with Crippen molar-refractivity contribution >= 4 is 16.5 Å². The third-order valence-electron chi connectivity index (χ3n) is 3.71. The summed E-state index contributed by atoms with van der Waals surface area (Å²) in [5.41, 5.74) is 8.88. The summed E-state index contributed by atoms with van der Waals surface area (Å²) in [5.74, 6) is 0.675. The van der Waals surface area contributed by atoms with Crippen molar-refractivity contribution in [3.8, 4) is 11.3 Å². The van der Waals surface area contributed by atoms with Gasteiger partial charge in [-0.2, -0.15) is 0 Å². The molecule has 2 N–H and O–H groups in total. The molecule has 112 valence electrons. The fourth-order valence-electron chi connectivity index (χ4n) is 2.49. The molecule has 2 heterocycles. The van der Waals surface area contributed by atoms with Gasteiger partial charge >= 0.3 is 0 Å². The van der Waals surface area contributed by atoms with E-state index in [4.69, 9.17) is 15.2 Å². The zero-order chi connectivity index (χ0) is 14.5. The molecule has 5 heteroatoms. The van der Waals surface area contributed by atoms with Crippen molar-refractivity contribution in [2.45, 2.75) is 19.4 Å². The Morgan fingerprint density at radius 1 is 1.43 bits per heavy atom. The van der Waals surface area contributed by atoms with Gasteiger partial charge in [0.05, 0.1) is 12.3 Å². The molecule has 0 spiro atoms. The molecular formula is C16H20N2O2S. The van der Waals surface area contributed by atoms with Crippen LogP contribution in [-0.4, -0.2) is 24.8 Å². The van der Waals surface area contributed by atoms with E-state index in [2.05, 4.69) is 17.1 Å². The van der Waals surface area contributed by atoms with Crippen LogP contribution in [0.3, 0.4) is 0 Å². The number of nitrogen functional groups attached to an aromatic ring is 1. The van der Waals surface area contributed by atoms with Crippen molar-refractivity contribution in [2.24, 2.45) is 5.92 Å². The average molecular weight is 304 g/mol. The van der Waals surface area contributed by atoms with E-state index in [0.717, 1.165) is 37.5 Å². The van der Waals surface area contributed by atoms with Crippen molar-refractivity contribution in [1.29, 1.82) is 0 Å². The molecule has 1 aliphatic rings. The lowest BCUT2D eigenvalue weighted by Crippen LogP contribution is -2.05. The molecule has 0 saturated carbocycles. The zero-order valence-electron chi connectivity index (χ0n) is 12.0. The number of anilines is 1. The summed E-state index contributed by atoms with van der Waals surface area (Å²) in [5, 5.41) is 2.58. The third kappa shape index (κ3) is 4.03. The Labute approximate surface area is 128 Å². The molecule has 1 atom stereocenters. The molecule has 0 amide bonds. The third-order valence-corrected chi connectivity index (χ3v) is 4.38. The van der Waals surface area contributed by atoms with E-state index in [1.807, 2.05) is 17.5 Å². The first kappa shape index (κ1) is 14.5. The van der Waals surface area contributed by atoms with Gasteiger partial charge in [-0.25, -0.2) is 4.98 Å². The second-order valence-corrected chi connectivity index (χ2v) is 6.23. The van der Waals surface area contributed by atoms with Crippen LogP contribution in [-0.2, 0) is 16.1 Å². The topological polar surface area (TPSA) is 57.4 Å². The van der Waals surface area contributed by atoms with Gasteiger partial charge in [-0.15, -0.1) is 11.3 Å². The Bertz CT molecular complexity index is 579. The Hall–Kier alpha value is -1.43. The number of nitrogens with zero attached hydrogens (tertiary/aromatic N) is 1. The quantitative estimate of drug-likeness (QED) is 0.832. The Kier molecular flexibility index (Phi) is 4.85. The lowest BCUT2D eigenvalue weighted by Gasteiger charge is -2.09. The van der Waals surface area contributed by atoms with Gasteiger partial charge in [0.1, 0.15) is 0 Å². The van der Waals surface area contributed by atoms with Crippen molar-refractivity contribution < 1.29 is 9.47 Å². The van der Waals surface area contributed by atoms with E-state index in [0.29, 0.717) is 17.7 Å². The van der Waals surface area contributed by atoms with Crippen LogP contribution in [0.15, 0.2) is 29.6 Å². The summed E-state index contributed by atoms with van der Waals surface area (Å²) in [7, 11) is 0. The molecule has 1 aromatic carbocycles. The molecule has 1 saturated heterocycles. The van der Waals surface area contributed by atoms with Crippen LogP contribution in [0, 0.1) is 5.92 Å². The molecule has 1 aromatic heterocycles. The lowest BCUT2D eigenvalue weighted by molar-refractivity contribution is 0.103. The van der Waals surface area contributed by atoms with E-state index in [-0.39, 0.29) is 0 Å². The maximum Gasteiger partial charge on any atom is 0.180 e. The predicted octanol–water partition coefficient (Wildman–Crippen LogP) is 3.34. The van der Waals surface area contributed by atoms with E-state index < -0.39 is 0 Å². The summed E-state index contributed by atoms with van der Waals surface area (Å²) < 4.78 is 11.1. The number of aromatic nitrogens is 1. The van der Waals surface area contributed by atoms with E-state index in [9.17, 15) is 0 Å². The maximum atomic E-state index is 5.78. The summed E-state index contributed by atoms with van der Waals surface area (Å²) in [4.78, 5) is 4.31. The van der Waals surface area contributed by atoms with Crippen molar-refractivity contribution in [3.05, 3.63) is 35.2 Å². The molecular weight excluding hydrogens is 284 g/mol. The fourth-order valence-corrected chi connectivity index (χ4v) is 3.06. The molecule has 0 aliphatic carbocycles. The van der Waals surface area contributed by atoms with E-state index in [1.54, 1.807) is 0 Å². The Morgan fingerprint density at radius 3 is 3.14 bits per heavy atom. The van der Waals surface area contributed by atoms with Gasteiger partial charge in [-0.3, -0.25) is 0 Å². The number of thiazole rings is 1. The maximum absolute atomic E-state index is 5.78. The normalized spacial score (nSPS) is 18.2. The number of nitrogens with two attached hydrogens (primary N) is 1. The smallest absolute Gasteiger partial charge is 0.180 e. The van der Waals surface area contributed by atoms with Crippen molar-refractivity contribution in [2.75, 3.05) is 25.6 Å². The van der Waals surface area contributed by atoms with E-state index >= 15 is 0 Å². The largest absolute Gasteiger partial charge is 0.381 e. The minimum absolute atomic E-state index is 0.602. The molecule has 21 heavy (non-hydrogen) atoms. The average Bonchev–Trinajstić information content (AvgIpc) is 3.15. The second kappa shape index (κ2) is 7.02. The standard InChI is InChI=1S/C16H20N2O2S/c17-16-18-15(11-21-16)14-3-1-2-13(8-14)10-20-7-5-12-4-6-19-9-12/h1-3,8,11-12H,4-7,9-10H2,(H2,17,18). The molecule has 1 unspecified atom stereocenters. The monoisotopic (exact) mass is 304 g/mol. The van der Waals surface area contributed by atoms with Gasteiger partial charge in [-0.1, -0.05) is 18.2 Å². The highest BCUT2D eigenvalue weighted by Crippen LogP contribution is 2.24. The number of hydrogen-bond acceptors (Lipinski definition) is 5. The number of hydrogen-bond donors (Lipinski definition) is 1. The first-order valence-electron chi connectivity index (χ1n) is 7.27. The van der Waals surface area contributed by atoms with Crippen molar-refractivity contribution in [1.82, 2.24) is 4.98 Å². The summed E-state index contributed by atoms with van der Waals surface area (Å²) in [6.45, 7) is 3.23. The highest BCUT2D eigenvalue weighted by Gasteiger charge is 2.14. The Balaban J connectivity index is 1.51. The molecule has 3 rings (SSSR count). The molecule has 1 fully saturated rings. The SMILES string of the molecule is Nc1nc(-c2cccc(COCCC3CCOC3)c2)cs1. The molecule has 4 nitrogen and oxygen atoms in total. The molecule has 2 aromatic rings. The number of ether oxygens (including phenoxy) is 2. The molecule has 1 aliphatic heterocycles. The van der Waals surface area contributed by atoms with Gasteiger partial charge in [0, 0.05) is 30.8 Å². The first-order chi connectivity index (χ1) is 10.3. The predicted molar refractivity (Wildman–Crippen MR) is 85.2 cm³/mol. The zero-order valence-corrected chi connectivity index (χ0v) is 12.8. The number of benzene rings is 1. The highest BCUT2D eigenvalue weighted by molar-refractivity contribution is 7.13. The summed E-state index contributed by atoms with van der Waals surface area (Å²) >= 11 is 1.46. The molecule has 0 bridgehead atoms. The van der Waals surface area contributed by atoms with Crippen LogP contribution in [0.5, 0.6) is 0 Å². The van der Waals surface area contributed by atoms with E-state index in [1.165, 1.54) is 23.3 Å². The van der Waals surface area contributed by atoms with Crippen molar-refractivity contribution in [3.63, 3.8) is 0 Å². The van der Waals surface area contributed by atoms with Gasteiger partial charge in [-0.05, 0) is 30.4 Å². The van der Waals surface area contributed by atoms with Crippen LogP contribution < -0.4 is 5.73 Å². The fraction of sp³-hybridized carbons (Fsp3) is 0.438. The minimum Gasteiger partial charge on any atom is -0.381 e. The van der Waals surface area contributed by atoms with Gasteiger partial charge < -0.3 is 15.2 Å². The van der Waals surface area contributed by atoms with Crippen LogP contribution in [0.25, 0.3) is 11.3 Å². The molecule has 0 radical (unpaired) electrons.